The van der Waals surface area contributed by atoms with Crippen LogP contribution in [0, 0.1) is 5.92 Å². The van der Waals surface area contributed by atoms with Gasteiger partial charge < -0.3 is 15.5 Å². The fraction of sp³-hybridized carbons (Fsp3) is 0.833. The van der Waals surface area contributed by atoms with Gasteiger partial charge in [-0.15, -0.1) is 0 Å². The van der Waals surface area contributed by atoms with Crippen LogP contribution in [-0.4, -0.2) is 59.2 Å². The van der Waals surface area contributed by atoms with Crippen molar-refractivity contribution in [2.75, 3.05) is 13.1 Å². The largest absolute Gasteiger partial charge is 0.343 e. The Bertz CT molecular complexity index is 523. The monoisotopic (exact) mass is 365 g/mol. The van der Waals surface area contributed by atoms with Crippen molar-refractivity contribution in [3.8, 4) is 0 Å². The summed E-state index contributed by atoms with van der Waals surface area (Å²) in [4.78, 5) is 39.5. The maximum absolute atomic E-state index is 12.5. The van der Waals surface area contributed by atoms with Gasteiger partial charge in [-0.3, -0.25) is 10.1 Å². The van der Waals surface area contributed by atoms with Crippen molar-refractivity contribution < 1.29 is 14.4 Å². The smallest absolute Gasteiger partial charge is 0.328 e. The minimum atomic E-state index is -0.527. The molecule has 26 heavy (non-hydrogen) atoms. The molecule has 8 nitrogen and oxygen atoms in total. The average molecular weight is 365 g/mol. The topological polar surface area (TPSA) is 93.8 Å². The Kier molecular flexibility index (Phi) is 6.01. The van der Waals surface area contributed by atoms with Crippen LogP contribution in [-0.2, 0) is 4.79 Å². The van der Waals surface area contributed by atoms with Crippen LogP contribution in [0.1, 0.15) is 58.8 Å². The molecule has 0 aromatic carbocycles. The number of nitrogens with one attached hydrogen (secondary N) is 3. The van der Waals surface area contributed by atoms with Crippen molar-refractivity contribution in [1.82, 2.24) is 25.8 Å². The highest BCUT2D eigenvalue weighted by molar-refractivity contribution is 5.96. The van der Waals surface area contributed by atoms with E-state index >= 15 is 0 Å². The summed E-state index contributed by atoms with van der Waals surface area (Å²) in [5.74, 6) is 0.628. The molecule has 2 saturated heterocycles. The van der Waals surface area contributed by atoms with Crippen LogP contribution in [0.5, 0.6) is 0 Å². The second-order valence-electron chi connectivity index (χ2n) is 7.79. The van der Waals surface area contributed by atoms with Gasteiger partial charge in [-0.2, -0.15) is 0 Å². The molecule has 1 saturated carbocycles. The van der Waals surface area contributed by atoms with Gasteiger partial charge in [0.25, 0.3) is 0 Å². The molecule has 1 atom stereocenters. The molecule has 0 bridgehead atoms. The van der Waals surface area contributed by atoms with Gasteiger partial charge in [-0.05, 0) is 38.5 Å². The number of hydrogen-bond donors (Lipinski definition) is 3. The summed E-state index contributed by atoms with van der Waals surface area (Å²) >= 11 is 0. The molecule has 8 heteroatoms. The van der Waals surface area contributed by atoms with Crippen molar-refractivity contribution in [3.63, 3.8) is 0 Å². The first-order chi connectivity index (χ1) is 12.5. The second kappa shape index (κ2) is 8.24. The van der Waals surface area contributed by atoms with E-state index in [9.17, 15) is 14.4 Å². The highest BCUT2D eigenvalue weighted by Gasteiger charge is 2.38. The summed E-state index contributed by atoms with van der Waals surface area (Å²) < 4.78 is 0. The molecule has 5 amide bonds. The molecule has 0 aromatic rings. The summed E-state index contributed by atoms with van der Waals surface area (Å²) in [5.41, 5.74) is 0. The van der Waals surface area contributed by atoms with Crippen molar-refractivity contribution in [3.05, 3.63) is 0 Å². The molecule has 3 aliphatic rings. The minimum Gasteiger partial charge on any atom is -0.343 e. The highest BCUT2D eigenvalue weighted by Crippen LogP contribution is 2.26. The molecule has 0 radical (unpaired) electrons. The van der Waals surface area contributed by atoms with Crippen LogP contribution in [0.3, 0.4) is 0 Å². The van der Waals surface area contributed by atoms with E-state index in [0.717, 1.165) is 0 Å². The Balaban J connectivity index is 1.52. The van der Waals surface area contributed by atoms with Crippen LogP contribution in [0.4, 0.5) is 9.59 Å². The van der Waals surface area contributed by atoms with E-state index in [4.69, 9.17) is 0 Å². The van der Waals surface area contributed by atoms with E-state index in [1.54, 1.807) is 11.8 Å². The van der Waals surface area contributed by atoms with E-state index in [0.29, 0.717) is 31.8 Å². The van der Waals surface area contributed by atoms with Crippen LogP contribution in [0.15, 0.2) is 0 Å². The summed E-state index contributed by atoms with van der Waals surface area (Å²) in [6.07, 6.45) is 6.93. The number of imide groups is 1. The zero-order valence-corrected chi connectivity index (χ0v) is 15.8. The number of carbonyl (C=O) groups excluding carboxylic acids is 3. The molecule has 2 aliphatic heterocycles. The van der Waals surface area contributed by atoms with Gasteiger partial charge in [-0.1, -0.05) is 19.3 Å². The van der Waals surface area contributed by atoms with E-state index in [2.05, 4.69) is 22.9 Å². The molecule has 0 unspecified atom stereocenters. The number of nitrogens with zero attached hydrogens (tertiary/aromatic N) is 2. The SMILES string of the molecule is CC(=O)N1CCC(N2C(=O)NC(N[C@@H](C)C3CCCCC3)NC2=O)CC1. The zero-order valence-electron chi connectivity index (χ0n) is 15.8. The van der Waals surface area contributed by atoms with Crippen molar-refractivity contribution in [1.29, 1.82) is 0 Å². The van der Waals surface area contributed by atoms with Gasteiger partial charge in [0.1, 0.15) is 0 Å². The Hall–Kier alpha value is -1.83. The van der Waals surface area contributed by atoms with Crippen molar-refractivity contribution in [2.24, 2.45) is 5.92 Å². The third-order valence-corrected chi connectivity index (χ3v) is 6.03. The second-order valence-corrected chi connectivity index (χ2v) is 7.79. The molecule has 146 valence electrons. The third-order valence-electron chi connectivity index (χ3n) is 6.03. The first-order valence-electron chi connectivity index (χ1n) is 9.87. The number of piperidine rings is 1. The fourth-order valence-corrected chi connectivity index (χ4v) is 4.40. The van der Waals surface area contributed by atoms with E-state index in [-0.39, 0.29) is 30.1 Å². The van der Waals surface area contributed by atoms with Gasteiger partial charge in [0.05, 0.1) is 0 Å². The van der Waals surface area contributed by atoms with E-state index < -0.39 is 6.29 Å². The standard InChI is InChI=1S/C18H31N5O3/c1-12(14-6-4-3-5-7-14)19-16-20-17(25)23(18(26)21-16)15-8-10-22(11-9-15)13(2)24/h12,14-16,19H,3-11H2,1-2H3,(H,20,25)(H,21,26)/t12-/m0/s1. The summed E-state index contributed by atoms with van der Waals surface area (Å²) in [5, 5.41) is 9.07. The van der Waals surface area contributed by atoms with Crippen LogP contribution in [0.25, 0.3) is 0 Å². The van der Waals surface area contributed by atoms with Gasteiger partial charge in [0, 0.05) is 32.1 Å². The molecule has 1 aliphatic carbocycles. The lowest BCUT2D eigenvalue weighted by Gasteiger charge is -2.41. The first kappa shape index (κ1) is 18.9. The third kappa shape index (κ3) is 4.28. The Morgan fingerprint density at radius 3 is 2.15 bits per heavy atom. The normalized spacial score (nSPS) is 25.0. The average Bonchev–Trinajstić information content (AvgIpc) is 2.62. The number of hydrogen-bond acceptors (Lipinski definition) is 4. The number of rotatable bonds is 4. The summed E-state index contributed by atoms with van der Waals surface area (Å²) in [7, 11) is 0. The van der Waals surface area contributed by atoms with Crippen molar-refractivity contribution in [2.45, 2.75) is 77.2 Å². The Morgan fingerprint density at radius 1 is 1.04 bits per heavy atom. The number of amides is 5. The predicted molar refractivity (Wildman–Crippen MR) is 97.1 cm³/mol. The number of likely N-dealkylation sites (tertiary alicyclic amines) is 1. The molecule has 0 spiro atoms. The predicted octanol–water partition coefficient (Wildman–Crippen LogP) is 1.57. The molecule has 3 N–H and O–H groups in total. The van der Waals surface area contributed by atoms with Gasteiger partial charge in [0.15, 0.2) is 6.29 Å². The maximum Gasteiger partial charge on any atom is 0.328 e. The fourth-order valence-electron chi connectivity index (χ4n) is 4.40. The Labute approximate surface area is 155 Å². The van der Waals surface area contributed by atoms with E-state index in [1.807, 2.05) is 0 Å². The molecule has 2 heterocycles. The van der Waals surface area contributed by atoms with Crippen LogP contribution < -0.4 is 16.0 Å². The number of carbonyl (C=O) groups is 3. The van der Waals surface area contributed by atoms with Gasteiger partial charge >= 0.3 is 12.1 Å². The molecular weight excluding hydrogens is 334 g/mol. The molecule has 3 rings (SSSR count). The lowest BCUT2D eigenvalue weighted by Crippen LogP contribution is -2.71. The highest BCUT2D eigenvalue weighted by atomic mass is 16.2. The Morgan fingerprint density at radius 2 is 1.62 bits per heavy atom. The van der Waals surface area contributed by atoms with Crippen LogP contribution in [0.2, 0.25) is 0 Å². The van der Waals surface area contributed by atoms with Gasteiger partial charge in [-0.25, -0.2) is 14.5 Å². The zero-order chi connectivity index (χ0) is 18.7. The minimum absolute atomic E-state index is 0.0389. The lowest BCUT2D eigenvalue weighted by atomic mass is 9.84. The lowest BCUT2D eigenvalue weighted by molar-refractivity contribution is -0.130. The quantitative estimate of drug-likeness (QED) is 0.705. The summed E-state index contributed by atoms with van der Waals surface area (Å²) in [6.45, 7) is 4.83. The number of urea groups is 2. The summed E-state index contributed by atoms with van der Waals surface area (Å²) in [6, 6.07) is -0.639. The molecular formula is C18H31N5O3. The first-order valence-corrected chi connectivity index (χ1v) is 9.87. The molecule has 0 aromatic heterocycles. The van der Waals surface area contributed by atoms with E-state index in [1.165, 1.54) is 37.0 Å². The van der Waals surface area contributed by atoms with Gasteiger partial charge in [0.2, 0.25) is 5.91 Å². The van der Waals surface area contributed by atoms with Crippen LogP contribution >= 0.6 is 0 Å². The maximum atomic E-state index is 12.5. The molecule has 3 fully saturated rings. The van der Waals surface area contributed by atoms with Crippen molar-refractivity contribution >= 4 is 18.0 Å².